The second-order valence-corrected chi connectivity index (χ2v) is 6.96. The highest BCUT2D eigenvalue weighted by Crippen LogP contribution is 2.12. The Balaban J connectivity index is 0. The van der Waals surface area contributed by atoms with Crippen molar-refractivity contribution in [1.29, 1.82) is 0 Å². The van der Waals surface area contributed by atoms with Crippen LogP contribution in [0.25, 0.3) is 0 Å². The van der Waals surface area contributed by atoms with E-state index >= 15 is 0 Å². The minimum absolute atomic E-state index is 0.904. The van der Waals surface area contributed by atoms with Gasteiger partial charge in [0.2, 0.25) is 0 Å². The zero-order valence-corrected chi connectivity index (χ0v) is 15.6. The summed E-state index contributed by atoms with van der Waals surface area (Å²) in [6.07, 6.45) is 17.0. The Morgan fingerprint density at radius 1 is 0.550 bits per heavy atom. The fourth-order valence-electron chi connectivity index (χ4n) is 2.28. The van der Waals surface area contributed by atoms with E-state index in [1.807, 2.05) is 0 Å². The summed E-state index contributed by atoms with van der Waals surface area (Å²) < 4.78 is 0. The maximum absolute atomic E-state index is 2.35. The van der Waals surface area contributed by atoms with E-state index < -0.39 is 0 Å². The van der Waals surface area contributed by atoms with Gasteiger partial charge in [-0.2, -0.15) is 0 Å². The molecule has 0 N–H and O–H groups in total. The minimum atomic E-state index is 0.904. The van der Waals surface area contributed by atoms with E-state index in [4.69, 9.17) is 0 Å². The smallest absolute Gasteiger partial charge is 0.0445 e. The van der Waals surface area contributed by atoms with Gasteiger partial charge in [-0.3, -0.25) is 0 Å². The molecular weight excluding hydrogens is 240 g/mol. The van der Waals surface area contributed by atoms with Crippen LogP contribution in [-0.2, 0) is 0 Å². The van der Waals surface area contributed by atoms with Crippen molar-refractivity contribution < 1.29 is 0 Å². The molecule has 0 heterocycles. The van der Waals surface area contributed by atoms with Crippen LogP contribution in [0, 0.1) is 11.8 Å². The molecule has 0 aliphatic heterocycles. The lowest BCUT2D eigenvalue weighted by Gasteiger charge is -2.06. The minimum Gasteiger partial charge on any atom is -0.0654 e. The van der Waals surface area contributed by atoms with Gasteiger partial charge in [0.25, 0.3) is 0 Å². The molecule has 0 saturated heterocycles. The third-order valence-corrected chi connectivity index (χ3v) is 4.13. The van der Waals surface area contributed by atoms with Crippen LogP contribution >= 0.6 is 0 Å². The van der Waals surface area contributed by atoms with Crippen LogP contribution in [0.1, 0.15) is 119 Å². The lowest BCUT2D eigenvalue weighted by atomic mass is 10.0. The zero-order chi connectivity index (χ0) is 15.6. The summed E-state index contributed by atoms with van der Waals surface area (Å²) in [4.78, 5) is 0. The molecule has 0 aromatic rings. The van der Waals surface area contributed by atoms with Crippen molar-refractivity contribution in [3.63, 3.8) is 0 Å². The van der Waals surface area contributed by atoms with E-state index in [0.717, 1.165) is 11.8 Å². The number of hydrogen-bond acceptors (Lipinski definition) is 0. The Morgan fingerprint density at radius 3 is 1.45 bits per heavy atom. The first-order valence-electron chi connectivity index (χ1n) is 9.58. The molecule has 0 bridgehead atoms. The molecule has 1 atom stereocenters. The highest BCUT2D eigenvalue weighted by Gasteiger charge is 1.96. The number of rotatable bonds is 12. The van der Waals surface area contributed by atoms with Gasteiger partial charge >= 0.3 is 0 Å². The number of unbranched alkanes of at least 4 members (excludes halogenated alkanes) is 7. The van der Waals surface area contributed by atoms with E-state index in [1.165, 1.54) is 77.0 Å². The fourth-order valence-corrected chi connectivity index (χ4v) is 2.28. The molecule has 0 aliphatic carbocycles. The van der Waals surface area contributed by atoms with Gasteiger partial charge in [-0.05, 0) is 11.8 Å². The monoisotopic (exact) mass is 284 g/mol. The summed E-state index contributed by atoms with van der Waals surface area (Å²) in [5, 5.41) is 0. The van der Waals surface area contributed by atoms with E-state index in [2.05, 4.69) is 41.5 Å². The van der Waals surface area contributed by atoms with Crippen molar-refractivity contribution in [1.82, 2.24) is 0 Å². The maximum Gasteiger partial charge on any atom is -0.0445 e. The van der Waals surface area contributed by atoms with Gasteiger partial charge in [-0.25, -0.2) is 0 Å². The first-order chi connectivity index (χ1) is 9.58. The van der Waals surface area contributed by atoms with Crippen LogP contribution in [0.4, 0.5) is 0 Å². The fraction of sp³-hybridized carbons (Fsp3) is 1.00. The van der Waals surface area contributed by atoms with Crippen molar-refractivity contribution in [2.75, 3.05) is 0 Å². The highest BCUT2D eigenvalue weighted by atomic mass is 14.0. The van der Waals surface area contributed by atoms with E-state index in [-0.39, 0.29) is 0 Å². The molecule has 0 saturated carbocycles. The van der Waals surface area contributed by atoms with Gasteiger partial charge in [0, 0.05) is 0 Å². The molecule has 0 heteroatoms. The summed E-state index contributed by atoms with van der Waals surface area (Å²) in [5.74, 6) is 1.86. The molecule has 0 aliphatic rings. The van der Waals surface area contributed by atoms with Gasteiger partial charge in [-0.1, -0.05) is 119 Å². The lowest BCUT2D eigenvalue weighted by molar-refractivity contribution is 0.477. The molecule has 0 radical (unpaired) electrons. The van der Waals surface area contributed by atoms with E-state index in [1.54, 1.807) is 0 Å². The molecule has 1 unspecified atom stereocenters. The normalized spacial score (nSPS) is 12.2. The van der Waals surface area contributed by atoms with Crippen molar-refractivity contribution in [3.05, 3.63) is 0 Å². The SMILES string of the molecule is CCCCCCC(C)CC.CCCCCCCC(C)C. The zero-order valence-electron chi connectivity index (χ0n) is 15.6. The maximum atomic E-state index is 2.35. The van der Waals surface area contributed by atoms with Crippen LogP contribution in [0.5, 0.6) is 0 Å². The Labute approximate surface area is 131 Å². The predicted octanol–water partition coefficient (Wildman–Crippen LogP) is 8.01. The molecule has 124 valence electrons. The number of hydrogen-bond donors (Lipinski definition) is 0. The Bertz CT molecular complexity index is 148. The third-order valence-electron chi connectivity index (χ3n) is 4.13. The van der Waals surface area contributed by atoms with Crippen molar-refractivity contribution in [2.45, 2.75) is 119 Å². The van der Waals surface area contributed by atoms with Gasteiger partial charge in [0.15, 0.2) is 0 Å². The van der Waals surface area contributed by atoms with Crippen LogP contribution in [0.3, 0.4) is 0 Å². The molecule has 0 fully saturated rings. The Hall–Kier alpha value is 0. The van der Waals surface area contributed by atoms with Gasteiger partial charge in [-0.15, -0.1) is 0 Å². The van der Waals surface area contributed by atoms with Gasteiger partial charge in [0.05, 0.1) is 0 Å². The summed E-state index contributed by atoms with van der Waals surface area (Å²) >= 11 is 0. The van der Waals surface area contributed by atoms with E-state index in [9.17, 15) is 0 Å². The van der Waals surface area contributed by atoms with E-state index in [0.29, 0.717) is 0 Å². The van der Waals surface area contributed by atoms with Crippen molar-refractivity contribution in [3.8, 4) is 0 Å². The summed E-state index contributed by atoms with van der Waals surface area (Å²) in [5.41, 5.74) is 0. The molecule has 0 aromatic heterocycles. The molecule has 0 amide bonds. The average Bonchev–Trinajstić information content (AvgIpc) is 2.43. The van der Waals surface area contributed by atoms with Crippen LogP contribution < -0.4 is 0 Å². The summed E-state index contributed by atoms with van der Waals surface area (Å²) in [6.45, 7) is 13.8. The van der Waals surface area contributed by atoms with Crippen LogP contribution in [0.15, 0.2) is 0 Å². The summed E-state index contributed by atoms with van der Waals surface area (Å²) in [6, 6.07) is 0. The van der Waals surface area contributed by atoms with Crippen LogP contribution in [-0.4, -0.2) is 0 Å². The predicted molar refractivity (Wildman–Crippen MR) is 96.4 cm³/mol. The standard InChI is InChI=1S/2C10H22/c1-4-5-6-7-8-9-10(2)3;1-4-6-7-8-9-10(3)5-2/h2*10H,4-9H2,1-3H3. The van der Waals surface area contributed by atoms with Gasteiger partial charge < -0.3 is 0 Å². The molecule has 0 spiro atoms. The molecule has 0 rings (SSSR count). The first-order valence-corrected chi connectivity index (χ1v) is 9.58. The molecule has 0 aromatic carbocycles. The van der Waals surface area contributed by atoms with Gasteiger partial charge in [0.1, 0.15) is 0 Å². The molecule has 0 nitrogen and oxygen atoms in total. The quantitative estimate of drug-likeness (QED) is 0.318. The second kappa shape index (κ2) is 19.0. The molecular formula is C20H44. The van der Waals surface area contributed by atoms with Crippen LogP contribution in [0.2, 0.25) is 0 Å². The topological polar surface area (TPSA) is 0 Å². The molecule has 20 heavy (non-hydrogen) atoms. The third kappa shape index (κ3) is 23.1. The largest absolute Gasteiger partial charge is 0.0654 e. The second-order valence-electron chi connectivity index (χ2n) is 6.96. The van der Waals surface area contributed by atoms with Crippen molar-refractivity contribution in [2.24, 2.45) is 11.8 Å². The highest BCUT2D eigenvalue weighted by molar-refractivity contribution is 4.50. The van der Waals surface area contributed by atoms with Crippen molar-refractivity contribution >= 4 is 0 Å². The Morgan fingerprint density at radius 2 is 1.00 bits per heavy atom. The summed E-state index contributed by atoms with van der Waals surface area (Å²) in [7, 11) is 0. The Kier molecular flexibility index (Phi) is 21.2. The lowest BCUT2D eigenvalue weighted by Crippen LogP contribution is -1.91. The first kappa shape index (κ1) is 22.3. The average molecular weight is 285 g/mol.